The van der Waals surface area contributed by atoms with Crippen molar-refractivity contribution >= 4 is 15.9 Å². The van der Waals surface area contributed by atoms with E-state index in [2.05, 4.69) is 27.3 Å². The van der Waals surface area contributed by atoms with Gasteiger partial charge in [0.1, 0.15) is 5.75 Å². The molecule has 1 aliphatic rings. The molecule has 0 amide bonds. The van der Waals surface area contributed by atoms with Crippen molar-refractivity contribution < 1.29 is 4.74 Å². The fourth-order valence-corrected chi connectivity index (χ4v) is 2.61. The molecule has 0 bridgehead atoms. The first kappa shape index (κ1) is 9.99. The summed E-state index contributed by atoms with van der Waals surface area (Å²) in [4.78, 5) is 0. The molecule has 3 heteroatoms. The molecule has 0 radical (unpaired) electrons. The first-order chi connectivity index (χ1) is 6.83. The van der Waals surface area contributed by atoms with Gasteiger partial charge >= 0.3 is 0 Å². The maximum Gasteiger partial charge on any atom is 0.133 e. The summed E-state index contributed by atoms with van der Waals surface area (Å²) in [6, 6.07) is 6.65. The molecule has 0 spiro atoms. The van der Waals surface area contributed by atoms with Crippen LogP contribution in [0.2, 0.25) is 0 Å². The molecule has 1 aromatic carbocycles. The van der Waals surface area contributed by atoms with Crippen molar-refractivity contribution in [1.29, 1.82) is 0 Å². The Kier molecular flexibility index (Phi) is 3.08. The quantitative estimate of drug-likeness (QED) is 0.878. The van der Waals surface area contributed by atoms with Crippen LogP contribution in [0.5, 0.6) is 5.75 Å². The van der Waals surface area contributed by atoms with E-state index in [1.54, 1.807) is 7.11 Å². The predicted molar refractivity (Wildman–Crippen MR) is 60.7 cm³/mol. The van der Waals surface area contributed by atoms with E-state index in [-0.39, 0.29) is 0 Å². The maximum atomic E-state index is 5.27. The number of hydrogen-bond acceptors (Lipinski definition) is 2. The van der Waals surface area contributed by atoms with Crippen LogP contribution in [-0.2, 0) is 0 Å². The van der Waals surface area contributed by atoms with Gasteiger partial charge in [-0.25, -0.2) is 0 Å². The lowest BCUT2D eigenvalue weighted by atomic mass is 10.1. The number of halogens is 1. The van der Waals surface area contributed by atoms with E-state index in [0.29, 0.717) is 6.04 Å². The van der Waals surface area contributed by atoms with Gasteiger partial charge in [-0.15, -0.1) is 0 Å². The van der Waals surface area contributed by atoms with E-state index in [0.717, 1.165) is 16.8 Å². The minimum absolute atomic E-state index is 0.486. The highest BCUT2D eigenvalue weighted by atomic mass is 79.9. The molecule has 1 atom stereocenters. The van der Waals surface area contributed by atoms with Crippen LogP contribution in [0.25, 0.3) is 0 Å². The molecule has 2 rings (SSSR count). The van der Waals surface area contributed by atoms with Crippen molar-refractivity contribution in [2.75, 3.05) is 13.7 Å². The lowest BCUT2D eigenvalue weighted by Crippen LogP contribution is -2.13. The predicted octanol–water partition coefficient (Wildman–Crippen LogP) is 2.88. The van der Waals surface area contributed by atoms with Crippen LogP contribution >= 0.6 is 15.9 Å². The fraction of sp³-hybridized carbons (Fsp3) is 0.455. The van der Waals surface area contributed by atoms with Crippen LogP contribution in [0.4, 0.5) is 0 Å². The molecule has 0 aromatic heterocycles. The summed E-state index contributed by atoms with van der Waals surface area (Å²) in [7, 11) is 1.70. The van der Waals surface area contributed by atoms with Gasteiger partial charge in [0.25, 0.3) is 0 Å². The highest BCUT2D eigenvalue weighted by Gasteiger charge is 2.19. The van der Waals surface area contributed by atoms with Gasteiger partial charge in [-0.2, -0.15) is 0 Å². The van der Waals surface area contributed by atoms with E-state index >= 15 is 0 Å². The molecule has 1 N–H and O–H groups in total. The fourth-order valence-electron chi connectivity index (χ4n) is 1.90. The Morgan fingerprint density at radius 2 is 2.36 bits per heavy atom. The molecule has 2 nitrogen and oxygen atoms in total. The summed E-state index contributed by atoms with van der Waals surface area (Å²) in [6.07, 6.45) is 2.47. The average Bonchev–Trinajstić information content (AvgIpc) is 2.71. The third-order valence-electron chi connectivity index (χ3n) is 2.65. The summed E-state index contributed by atoms with van der Waals surface area (Å²) in [5, 5.41) is 3.48. The summed E-state index contributed by atoms with van der Waals surface area (Å²) in [5.41, 5.74) is 1.31. The molecule has 1 fully saturated rings. The van der Waals surface area contributed by atoms with E-state index in [4.69, 9.17) is 4.74 Å². The minimum Gasteiger partial charge on any atom is -0.496 e. The Bertz CT molecular complexity index is 321. The highest BCUT2D eigenvalue weighted by molar-refractivity contribution is 9.10. The van der Waals surface area contributed by atoms with E-state index in [1.807, 2.05) is 12.1 Å². The molecule has 1 aromatic rings. The van der Waals surface area contributed by atoms with Crippen LogP contribution in [-0.4, -0.2) is 13.7 Å². The molecule has 1 saturated heterocycles. The van der Waals surface area contributed by atoms with Crippen molar-refractivity contribution in [2.24, 2.45) is 0 Å². The van der Waals surface area contributed by atoms with Crippen molar-refractivity contribution in [2.45, 2.75) is 18.9 Å². The second-order valence-corrected chi connectivity index (χ2v) is 4.31. The number of nitrogens with one attached hydrogen (secondary N) is 1. The smallest absolute Gasteiger partial charge is 0.133 e. The molecular formula is C11H14BrNO. The molecule has 0 unspecified atom stereocenters. The largest absolute Gasteiger partial charge is 0.496 e. The van der Waals surface area contributed by atoms with Crippen LogP contribution in [0.1, 0.15) is 24.4 Å². The van der Waals surface area contributed by atoms with Crippen LogP contribution in [0.3, 0.4) is 0 Å². The number of methoxy groups -OCH3 is 1. The average molecular weight is 256 g/mol. The van der Waals surface area contributed by atoms with Gasteiger partial charge < -0.3 is 10.1 Å². The first-order valence-electron chi connectivity index (χ1n) is 4.88. The zero-order chi connectivity index (χ0) is 9.97. The van der Waals surface area contributed by atoms with Gasteiger partial charge in [-0.05, 0) is 46.9 Å². The maximum absolute atomic E-state index is 5.27. The first-order valence-corrected chi connectivity index (χ1v) is 5.68. The number of benzene rings is 1. The standard InChI is InChI=1S/C11H14BrNO/c1-14-10-6-2-4-8(11(10)12)9-5-3-7-13-9/h2,4,6,9,13H,3,5,7H2,1H3/t9-/m1/s1. The zero-order valence-corrected chi connectivity index (χ0v) is 9.80. The number of rotatable bonds is 2. The van der Waals surface area contributed by atoms with Crippen molar-refractivity contribution in [3.63, 3.8) is 0 Å². The molecule has 0 aliphatic carbocycles. The van der Waals surface area contributed by atoms with Crippen LogP contribution in [0, 0.1) is 0 Å². The summed E-state index contributed by atoms with van der Waals surface area (Å²) in [6.45, 7) is 1.12. The van der Waals surface area contributed by atoms with E-state index < -0.39 is 0 Å². The van der Waals surface area contributed by atoms with Gasteiger partial charge in [0.2, 0.25) is 0 Å². The monoisotopic (exact) mass is 255 g/mol. The second-order valence-electron chi connectivity index (χ2n) is 3.51. The molecule has 14 heavy (non-hydrogen) atoms. The Balaban J connectivity index is 2.32. The third kappa shape index (κ3) is 1.79. The summed E-state index contributed by atoms with van der Waals surface area (Å²) < 4.78 is 6.36. The molecule has 1 aliphatic heterocycles. The SMILES string of the molecule is COc1cccc([C@H]2CCCN2)c1Br. The van der Waals surface area contributed by atoms with Crippen molar-refractivity contribution in [3.8, 4) is 5.75 Å². The Morgan fingerprint density at radius 1 is 1.50 bits per heavy atom. The van der Waals surface area contributed by atoms with Crippen LogP contribution < -0.4 is 10.1 Å². The Labute approximate surface area is 92.8 Å². The topological polar surface area (TPSA) is 21.3 Å². The molecule has 0 saturated carbocycles. The van der Waals surface area contributed by atoms with Crippen molar-refractivity contribution in [3.05, 3.63) is 28.2 Å². The lowest BCUT2D eigenvalue weighted by Gasteiger charge is -2.14. The lowest BCUT2D eigenvalue weighted by molar-refractivity contribution is 0.410. The van der Waals surface area contributed by atoms with E-state index in [1.165, 1.54) is 18.4 Å². The Morgan fingerprint density at radius 3 is 3.00 bits per heavy atom. The highest BCUT2D eigenvalue weighted by Crippen LogP contribution is 2.35. The van der Waals surface area contributed by atoms with E-state index in [9.17, 15) is 0 Å². The zero-order valence-electron chi connectivity index (χ0n) is 8.22. The number of hydrogen-bond donors (Lipinski definition) is 1. The third-order valence-corrected chi connectivity index (χ3v) is 3.50. The van der Waals surface area contributed by atoms with Gasteiger partial charge in [-0.1, -0.05) is 12.1 Å². The van der Waals surface area contributed by atoms with Gasteiger partial charge in [-0.3, -0.25) is 0 Å². The molecule has 1 heterocycles. The minimum atomic E-state index is 0.486. The Hall–Kier alpha value is -0.540. The van der Waals surface area contributed by atoms with Gasteiger partial charge in [0.15, 0.2) is 0 Å². The summed E-state index contributed by atoms with van der Waals surface area (Å²) in [5.74, 6) is 0.913. The van der Waals surface area contributed by atoms with Crippen molar-refractivity contribution in [1.82, 2.24) is 5.32 Å². The molecule has 76 valence electrons. The van der Waals surface area contributed by atoms with Gasteiger partial charge in [0, 0.05) is 6.04 Å². The van der Waals surface area contributed by atoms with Gasteiger partial charge in [0.05, 0.1) is 11.6 Å². The van der Waals surface area contributed by atoms with Crippen LogP contribution in [0.15, 0.2) is 22.7 Å². The summed E-state index contributed by atoms with van der Waals surface area (Å²) >= 11 is 3.59. The number of ether oxygens (including phenoxy) is 1. The second kappa shape index (κ2) is 4.32. The normalized spacial score (nSPS) is 21.1. The molecular weight excluding hydrogens is 242 g/mol.